The molecule has 32 heavy (non-hydrogen) atoms. The zero-order valence-electron chi connectivity index (χ0n) is 18.0. The molecule has 0 saturated heterocycles. The van der Waals surface area contributed by atoms with Crippen molar-refractivity contribution in [3.8, 4) is 17.1 Å². The van der Waals surface area contributed by atoms with Crippen molar-refractivity contribution in [3.63, 3.8) is 0 Å². The number of carbonyl (C=O) groups is 1. The number of aliphatic hydroxyl groups is 1. The summed E-state index contributed by atoms with van der Waals surface area (Å²) in [6.07, 6.45) is -0.671. The molecule has 2 aliphatic heterocycles. The van der Waals surface area contributed by atoms with E-state index in [9.17, 15) is 19.8 Å². The fourth-order valence-electron chi connectivity index (χ4n) is 4.58. The van der Waals surface area contributed by atoms with Crippen molar-refractivity contribution in [2.24, 2.45) is 0 Å². The fourth-order valence-corrected chi connectivity index (χ4v) is 4.58. The predicted molar refractivity (Wildman–Crippen MR) is 121 cm³/mol. The standard InChI is InChI=1S/C23H23N3O5.ClH/c1-4-23(30)15-9-17-20-13(7-12-8-14(27)5-6-16(12)24-20)10-26(17)21(28)19(15)18(11-25(2)3)31-22(23)29;/h5-9,18,27,30H,4,10-11H2,1-3H3;1H. The van der Waals surface area contributed by atoms with E-state index in [-0.39, 0.29) is 30.1 Å². The molecule has 9 heteroatoms. The number of hydrogen-bond acceptors (Lipinski definition) is 7. The van der Waals surface area contributed by atoms with Gasteiger partial charge in [0.05, 0.1) is 29.0 Å². The molecule has 4 heterocycles. The van der Waals surface area contributed by atoms with Gasteiger partial charge in [-0.15, -0.1) is 12.4 Å². The zero-order chi connectivity index (χ0) is 22.1. The number of rotatable bonds is 3. The number of cyclic esters (lactones) is 1. The summed E-state index contributed by atoms with van der Waals surface area (Å²) < 4.78 is 7.15. The van der Waals surface area contributed by atoms with E-state index in [1.54, 1.807) is 35.8 Å². The summed E-state index contributed by atoms with van der Waals surface area (Å²) in [6, 6.07) is 8.54. The van der Waals surface area contributed by atoms with E-state index in [2.05, 4.69) is 0 Å². The van der Waals surface area contributed by atoms with Gasteiger partial charge in [0.1, 0.15) is 11.9 Å². The van der Waals surface area contributed by atoms with Gasteiger partial charge in [-0.1, -0.05) is 6.92 Å². The number of phenols is 1. The fraction of sp³-hybridized carbons (Fsp3) is 0.348. The SMILES string of the molecule is CCC1(O)C(=O)OC(CN(C)C)c2c1cc1n(c2=O)Cc2cc3cc(O)ccc3nc2-1.Cl. The molecule has 0 radical (unpaired) electrons. The molecule has 0 aliphatic carbocycles. The Morgan fingerprint density at radius 3 is 2.69 bits per heavy atom. The highest BCUT2D eigenvalue weighted by atomic mass is 35.5. The van der Waals surface area contributed by atoms with Crippen LogP contribution in [0.5, 0.6) is 5.75 Å². The molecule has 2 aromatic heterocycles. The Bertz CT molecular complexity index is 1320. The largest absolute Gasteiger partial charge is 0.508 e. The third kappa shape index (κ3) is 3.09. The van der Waals surface area contributed by atoms with Gasteiger partial charge in [0.25, 0.3) is 5.56 Å². The number of fused-ring (bicyclic) bond motifs is 5. The van der Waals surface area contributed by atoms with Gasteiger partial charge in [-0.2, -0.15) is 0 Å². The highest BCUT2D eigenvalue weighted by molar-refractivity contribution is 5.87. The predicted octanol–water partition coefficient (Wildman–Crippen LogP) is 2.31. The molecule has 0 saturated carbocycles. The van der Waals surface area contributed by atoms with E-state index in [1.165, 1.54) is 0 Å². The van der Waals surface area contributed by atoms with Crippen molar-refractivity contribution < 1.29 is 19.7 Å². The molecule has 0 fully saturated rings. The Labute approximate surface area is 190 Å². The maximum atomic E-state index is 13.6. The van der Waals surface area contributed by atoms with Gasteiger partial charge in [-0.05, 0) is 50.8 Å². The molecule has 2 N–H and O–H groups in total. The number of phenolic OH excluding ortho intramolecular Hbond substituents is 1. The first kappa shape index (κ1) is 22.3. The first-order chi connectivity index (χ1) is 14.7. The average molecular weight is 458 g/mol. The molecule has 0 bridgehead atoms. The minimum atomic E-state index is -1.88. The minimum Gasteiger partial charge on any atom is -0.508 e. The van der Waals surface area contributed by atoms with Crippen LogP contribution in [-0.4, -0.2) is 51.3 Å². The van der Waals surface area contributed by atoms with Gasteiger partial charge in [0, 0.05) is 23.1 Å². The van der Waals surface area contributed by atoms with Gasteiger partial charge < -0.3 is 24.4 Å². The number of carbonyl (C=O) groups excluding carboxylic acids is 1. The van der Waals surface area contributed by atoms with Crippen LogP contribution in [0, 0.1) is 0 Å². The Balaban J connectivity index is 0.00000245. The second-order valence-corrected chi connectivity index (χ2v) is 8.49. The maximum absolute atomic E-state index is 13.6. The number of pyridine rings is 2. The van der Waals surface area contributed by atoms with Gasteiger partial charge in [0.15, 0.2) is 5.60 Å². The van der Waals surface area contributed by atoms with Crippen molar-refractivity contribution in [2.75, 3.05) is 20.6 Å². The van der Waals surface area contributed by atoms with Crippen molar-refractivity contribution in [3.05, 3.63) is 57.4 Å². The second kappa shape index (κ2) is 7.58. The highest BCUT2D eigenvalue weighted by Gasteiger charge is 2.48. The molecule has 8 nitrogen and oxygen atoms in total. The summed E-state index contributed by atoms with van der Waals surface area (Å²) in [5, 5.41) is 21.7. The Morgan fingerprint density at radius 1 is 1.25 bits per heavy atom. The molecule has 5 rings (SSSR count). The Morgan fingerprint density at radius 2 is 2.00 bits per heavy atom. The van der Waals surface area contributed by atoms with Crippen LogP contribution < -0.4 is 5.56 Å². The van der Waals surface area contributed by atoms with Crippen molar-refractivity contribution in [1.29, 1.82) is 0 Å². The number of aromatic nitrogens is 2. The molecule has 1 aromatic carbocycles. The lowest BCUT2D eigenvalue weighted by Gasteiger charge is -2.37. The first-order valence-electron chi connectivity index (χ1n) is 10.2. The molecule has 2 unspecified atom stereocenters. The number of benzene rings is 1. The monoisotopic (exact) mass is 457 g/mol. The molecule has 0 amide bonds. The first-order valence-corrected chi connectivity index (χ1v) is 10.2. The second-order valence-electron chi connectivity index (χ2n) is 8.49. The molecule has 2 aliphatic rings. The summed E-state index contributed by atoms with van der Waals surface area (Å²) in [4.78, 5) is 32.9. The molecule has 168 valence electrons. The van der Waals surface area contributed by atoms with Gasteiger partial charge in [0.2, 0.25) is 0 Å². The van der Waals surface area contributed by atoms with Crippen LogP contribution in [0.4, 0.5) is 0 Å². The molecular formula is C23H24ClN3O5. The van der Waals surface area contributed by atoms with Crippen molar-refractivity contribution in [1.82, 2.24) is 14.5 Å². The maximum Gasteiger partial charge on any atom is 0.343 e. The van der Waals surface area contributed by atoms with Gasteiger partial charge >= 0.3 is 5.97 Å². The molecule has 0 spiro atoms. The molecular weight excluding hydrogens is 434 g/mol. The van der Waals surface area contributed by atoms with Crippen LogP contribution in [0.25, 0.3) is 22.3 Å². The van der Waals surface area contributed by atoms with E-state index >= 15 is 0 Å². The minimum absolute atomic E-state index is 0. The lowest BCUT2D eigenvalue weighted by Crippen LogP contribution is -2.47. The zero-order valence-corrected chi connectivity index (χ0v) is 18.8. The summed E-state index contributed by atoms with van der Waals surface area (Å²) in [6.45, 7) is 2.35. The molecule has 2 atom stereocenters. The van der Waals surface area contributed by atoms with Crippen LogP contribution in [0.2, 0.25) is 0 Å². The number of esters is 1. The lowest BCUT2D eigenvalue weighted by molar-refractivity contribution is -0.178. The third-order valence-corrected chi connectivity index (χ3v) is 6.18. The highest BCUT2D eigenvalue weighted by Crippen LogP contribution is 2.42. The van der Waals surface area contributed by atoms with Crippen LogP contribution >= 0.6 is 12.4 Å². The number of likely N-dealkylation sites (N-methyl/N-ethyl adjacent to an activating group) is 1. The normalized spacial score (nSPS) is 21.0. The van der Waals surface area contributed by atoms with E-state index in [0.29, 0.717) is 41.1 Å². The summed E-state index contributed by atoms with van der Waals surface area (Å²) in [7, 11) is 3.67. The van der Waals surface area contributed by atoms with Crippen LogP contribution in [0.1, 0.15) is 36.1 Å². The summed E-state index contributed by atoms with van der Waals surface area (Å²) in [5.41, 5.74) is 1.19. The quantitative estimate of drug-likeness (QED) is 0.455. The Kier molecular flexibility index (Phi) is 5.27. The average Bonchev–Trinajstić information content (AvgIpc) is 3.07. The number of halogens is 1. The van der Waals surface area contributed by atoms with Crippen molar-refractivity contribution in [2.45, 2.75) is 31.6 Å². The van der Waals surface area contributed by atoms with Gasteiger partial charge in [-0.3, -0.25) is 4.79 Å². The van der Waals surface area contributed by atoms with E-state index in [4.69, 9.17) is 9.72 Å². The summed E-state index contributed by atoms with van der Waals surface area (Å²) in [5.74, 6) is -0.591. The van der Waals surface area contributed by atoms with Crippen LogP contribution in [0.15, 0.2) is 35.1 Å². The smallest absolute Gasteiger partial charge is 0.343 e. The van der Waals surface area contributed by atoms with Crippen LogP contribution in [-0.2, 0) is 21.7 Å². The van der Waals surface area contributed by atoms with E-state index in [1.807, 2.05) is 25.1 Å². The van der Waals surface area contributed by atoms with E-state index < -0.39 is 17.7 Å². The van der Waals surface area contributed by atoms with Crippen molar-refractivity contribution >= 4 is 29.3 Å². The lowest BCUT2D eigenvalue weighted by atomic mass is 9.83. The molecule has 3 aromatic rings. The topological polar surface area (TPSA) is 105 Å². The van der Waals surface area contributed by atoms with E-state index in [0.717, 1.165) is 10.9 Å². The number of aromatic hydroxyl groups is 1. The number of nitrogens with zero attached hydrogens (tertiary/aromatic N) is 3. The third-order valence-electron chi connectivity index (χ3n) is 6.18. The van der Waals surface area contributed by atoms with Gasteiger partial charge in [-0.25, -0.2) is 9.78 Å². The number of hydrogen-bond donors (Lipinski definition) is 2. The van der Waals surface area contributed by atoms with Crippen LogP contribution in [0.3, 0.4) is 0 Å². The summed E-state index contributed by atoms with van der Waals surface area (Å²) >= 11 is 0. The number of ether oxygens (including phenoxy) is 1. The Hall–Kier alpha value is -2.94.